The number of amides is 1. The van der Waals surface area contributed by atoms with Crippen LogP contribution in [0.25, 0.3) is 0 Å². The summed E-state index contributed by atoms with van der Waals surface area (Å²) < 4.78 is 10.1. The van der Waals surface area contributed by atoms with Crippen LogP contribution in [0.2, 0.25) is 0 Å². The number of ether oxygens (including phenoxy) is 2. The fraction of sp³-hybridized carbons (Fsp3) is 0.909. The maximum Gasteiger partial charge on any atom is 0.236 e. The highest BCUT2D eigenvalue weighted by Crippen LogP contribution is 2.06. The Balaban J connectivity index is 1.88. The molecule has 94 valence electrons. The molecule has 0 aromatic heterocycles. The van der Waals surface area contributed by atoms with Crippen molar-refractivity contribution in [2.75, 3.05) is 53.1 Å². The van der Waals surface area contributed by atoms with Crippen molar-refractivity contribution in [1.82, 2.24) is 10.2 Å². The average Bonchev–Trinajstić information content (AvgIpc) is 2.81. The molecule has 1 fully saturated rings. The predicted octanol–water partition coefficient (Wildman–Crippen LogP) is -0.139. The van der Waals surface area contributed by atoms with Gasteiger partial charge in [-0.2, -0.15) is 0 Å². The Labute approximate surface area is 97.1 Å². The van der Waals surface area contributed by atoms with Crippen molar-refractivity contribution in [1.29, 1.82) is 0 Å². The lowest BCUT2D eigenvalue weighted by Crippen LogP contribution is -2.37. The lowest BCUT2D eigenvalue weighted by atomic mass is 10.4. The maximum atomic E-state index is 11.6. The van der Waals surface area contributed by atoms with Gasteiger partial charge < -0.3 is 19.7 Å². The second kappa shape index (κ2) is 8.50. The zero-order valence-corrected chi connectivity index (χ0v) is 10.0. The van der Waals surface area contributed by atoms with E-state index in [-0.39, 0.29) is 5.91 Å². The molecule has 0 aromatic rings. The summed E-state index contributed by atoms with van der Waals surface area (Å²) in [6, 6.07) is 0. The lowest BCUT2D eigenvalue weighted by Gasteiger charge is -2.15. The minimum absolute atomic E-state index is 0.203. The largest absolute Gasteiger partial charge is 0.382 e. The number of rotatable bonds is 8. The van der Waals surface area contributed by atoms with Gasteiger partial charge in [0, 0.05) is 26.7 Å². The highest BCUT2D eigenvalue weighted by Gasteiger charge is 2.16. The molecule has 1 heterocycles. The molecule has 5 heteroatoms. The topological polar surface area (TPSA) is 50.8 Å². The molecule has 0 radical (unpaired) electrons. The molecule has 1 saturated heterocycles. The Hall–Kier alpha value is -0.650. The van der Waals surface area contributed by atoms with Gasteiger partial charge in [-0.15, -0.1) is 0 Å². The average molecular weight is 230 g/mol. The van der Waals surface area contributed by atoms with Crippen LogP contribution in [0, 0.1) is 0 Å². The third-order valence-electron chi connectivity index (χ3n) is 2.59. The molecule has 5 nitrogen and oxygen atoms in total. The van der Waals surface area contributed by atoms with Gasteiger partial charge in [-0.1, -0.05) is 0 Å². The molecule has 16 heavy (non-hydrogen) atoms. The van der Waals surface area contributed by atoms with Gasteiger partial charge in [0.05, 0.1) is 26.4 Å². The molecule has 1 N–H and O–H groups in total. The van der Waals surface area contributed by atoms with E-state index in [9.17, 15) is 4.79 Å². The molecule has 1 aliphatic heterocycles. The van der Waals surface area contributed by atoms with Gasteiger partial charge in [-0.3, -0.25) is 4.79 Å². The van der Waals surface area contributed by atoms with Crippen molar-refractivity contribution in [3.05, 3.63) is 0 Å². The van der Waals surface area contributed by atoms with Crippen molar-refractivity contribution in [2.45, 2.75) is 12.8 Å². The molecular weight excluding hydrogens is 208 g/mol. The summed E-state index contributed by atoms with van der Waals surface area (Å²) in [5.74, 6) is 0.203. The van der Waals surface area contributed by atoms with Crippen LogP contribution in [0.3, 0.4) is 0 Å². The van der Waals surface area contributed by atoms with E-state index in [0.29, 0.717) is 32.9 Å². The SMILES string of the molecule is COCCOCCNCC(=O)N1CCCC1. The summed E-state index contributed by atoms with van der Waals surface area (Å²) in [4.78, 5) is 13.5. The van der Waals surface area contributed by atoms with E-state index in [0.717, 1.165) is 25.9 Å². The van der Waals surface area contributed by atoms with E-state index >= 15 is 0 Å². The molecule has 0 bridgehead atoms. The molecule has 1 amide bonds. The first-order valence-electron chi connectivity index (χ1n) is 5.90. The Morgan fingerprint density at radius 3 is 2.69 bits per heavy atom. The minimum atomic E-state index is 0.203. The quantitative estimate of drug-likeness (QED) is 0.590. The molecular formula is C11H22N2O3. The molecule has 1 aliphatic rings. The third-order valence-corrected chi connectivity index (χ3v) is 2.59. The van der Waals surface area contributed by atoms with Crippen LogP contribution in [-0.4, -0.2) is 63.9 Å². The monoisotopic (exact) mass is 230 g/mol. The minimum Gasteiger partial charge on any atom is -0.382 e. The Morgan fingerprint density at radius 2 is 2.00 bits per heavy atom. The van der Waals surface area contributed by atoms with E-state index in [2.05, 4.69) is 5.32 Å². The summed E-state index contributed by atoms with van der Waals surface area (Å²) in [7, 11) is 1.65. The summed E-state index contributed by atoms with van der Waals surface area (Å²) >= 11 is 0. The second-order valence-corrected chi connectivity index (χ2v) is 3.87. The number of hydrogen-bond acceptors (Lipinski definition) is 4. The number of carbonyl (C=O) groups is 1. The predicted molar refractivity (Wildman–Crippen MR) is 61.4 cm³/mol. The van der Waals surface area contributed by atoms with Gasteiger partial charge in [0.1, 0.15) is 0 Å². The number of carbonyl (C=O) groups excluding carboxylic acids is 1. The van der Waals surface area contributed by atoms with Gasteiger partial charge in [-0.25, -0.2) is 0 Å². The number of methoxy groups -OCH3 is 1. The zero-order chi connectivity index (χ0) is 11.6. The second-order valence-electron chi connectivity index (χ2n) is 3.87. The fourth-order valence-corrected chi connectivity index (χ4v) is 1.66. The summed E-state index contributed by atoms with van der Waals surface area (Å²) in [6.45, 7) is 4.83. The van der Waals surface area contributed by atoms with Crippen LogP contribution in [0.4, 0.5) is 0 Å². The molecule has 0 saturated carbocycles. The Bertz CT molecular complexity index is 194. The first-order valence-corrected chi connectivity index (χ1v) is 5.90. The molecule has 0 unspecified atom stereocenters. The molecule has 0 aromatic carbocycles. The fourth-order valence-electron chi connectivity index (χ4n) is 1.66. The van der Waals surface area contributed by atoms with E-state index in [1.165, 1.54) is 0 Å². The smallest absolute Gasteiger partial charge is 0.236 e. The van der Waals surface area contributed by atoms with Crippen LogP contribution < -0.4 is 5.32 Å². The van der Waals surface area contributed by atoms with Gasteiger partial charge in [-0.05, 0) is 12.8 Å². The summed E-state index contributed by atoms with van der Waals surface area (Å²) in [6.07, 6.45) is 2.29. The van der Waals surface area contributed by atoms with Crippen LogP contribution in [0.15, 0.2) is 0 Å². The summed E-state index contributed by atoms with van der Waals surface area (Å²) in [5.41, 5.74) is 0. The van der Waals surface area contributed by atoms with Gasteiger partial charge in [0.15, 0.2) is 0 Å². The molecule has 0 aliphatic carbocycles. The van der Waals surface area contributed by atoms with E-state index < -0.39 is 0 Å². The Kier molecular flexibility index (Phi) is 7.12. The van der Waals surface area contributed by atoms with Gasteiger partial charge in [0.2, 0.25) is 5.91 Å². The number of nitrogens with one attached hydrogen (secondary N) is 1. The van der Waals surface area contributed by atoms with Crippen LogP contribution in [0.1, 0.15) is 12.8 Å². The number of likely N-dealkylation sites (tertiary alicyclic amines) is 1. The van der Waals surface area contributed by atoms with Crippen molar-refractivity contribution >= 4 is 5.91 Å². The lowest BCUT2D eigenvalue weighted by molar-refractivity contribution is -0.129. The molecule has 0 atom stereocenters. The normalized spacial score (nSPS) is 15.7. The molecule has 1 rings (SSSR count). The standard InChI is InChI=1S/C11H22N2O3/c1-15-8-9-16-7-4-12-10-11(14)13-5-2-3-6-13/h12H,2-10H2,1H3. The first kappa shape index (κ1) is 13.4. The van der Waals surface area contributed by atoms with Gasteiger partial charge >= 0.3 is 0 Å². The highest BCUT2D eigenvalue weighted by molar-refractivity contribution is 5.78. The van der Waals surface area contributed by atoms with Crippen molar-refractivity contribution in [2.24, 2.45) is 0 Å². The maximum absolute atomic E-state index is 11.6. The summed E-state index contributed by atoms with van der Waals surface area (Å²) in [5, 5.41) is 3.08. The van der Waals surface area contributed by atoms with Crippen LogP contribution in [0.5, 0.6) is 0 Å². The number of hydrogen-bond donors (Lipinski definition) is 1. The van der Waals surface area contributed by atoms with Crippen LogP contribution in [-0.2, 0) is 14.3 Å². The zero-order valence-electron chi connectivity index (χ0n) is 10.0. The van der Waals surface area contributed by atoms with Crippen LogP contribution >= 0.6 is 0 Å². The number of nitrogens with zero attached hydrogens (tertiary/aromatic N) is 1. The van der Waals surface area contributed by atoms with E-state index in [1.54, 1.807) is 7.11 Å². The first-order chi connectivity index (χ1) is 7.84. The highest BCUT2D eigenvalue weighted by atomic mass is 16.5. The Morgan fingerprint density at radius 1 is 1.25 bits per heavy atom. The van der Waals surface area contributed by atoms with Crippen molar-refractivity contribution < 1.29 is 14.3 Å². The van der Waals surface area contributed by atoms with Gasteiger partial charge in [0.25, 0.3) is 0 Å². The van der Waals surface area contributed by atoms with E-state index in [4.69, 9.17) is 9.47 Å². The van der Waals surface area contributed by atoms with Crippen molar-refractivity contribution in [3.63, 3.8) is 0 Å². The third kappa shape index (κ3) is 5.44. The molecule has 0 spiro atoms. The van der Waals surface area contributed by atoms with E-state index in [1.807, 2.05) is 4.90 Å². The van der Waals surface area contributed by atoms with Crippen molar-refractivity contribution in [3.8, 4) is 0 Å².